The first-order chi connectivity index (χ1) is 25.9. The average Bonchev–Trinajstić information content (AvgIpc) is 3.14. The van der Waals surface area contributed by atoms with Gasteiger partial charge < -0.3 is 9.47 Å². The molecule has 0 unspecified atom stereocenters. The molecule has 4 aliphatic rings. The van der Waals surface area contributed by atoms with Gasteiger partial charge >= 0.3 is 0 Å². The predicted molar refractivity (Wildman–Crippen MR) is 230 cm³/mol. The van der Waals surface area contributed by atoms with Crippen molar-refractivity contribution < 1.29 is 9.47 Å². The van der Waals surface area contributed by atoms with Crippen LogP contribution in [0.3, 0.4) is 0 Å². The molecular formula is C50H40B2O2. The number of benzene rings is 8. The zero-order chi connectivity index (χ0) is 36.7. The highest BCUT2D eigenvalue weighted by Gasteiger charge is 2.44. The summed E-state index contributed by atoms with van der Waals surface area (Å²) in [7, 11) is 0. The molecule has 0 amide bonds. The van der Waals surface area contributed by atoms with Gasteiger partial charge in [-0.3, -0.25) is 0 Å². The summed E-state index contributed by atoms with van der Waals surface area (Å²) in [6, 6.07) is 37.1. The van der Waals surface area contributed by atoms with E-state index in [2.05, 4.69) is 152 Å². The van der Waals surface area contributed by atoms with E-state index in [-0.39, 0.29) is 24.3 Å². The van der Waals surface area contributed by atoms with E-state index in [1.54, 1.807) is 0 Å². The van der Waals surface area contributed by atoms with Crippen molar-refractivity contribution in [3.63, 3.8) is 0 Å². The third kappa shape index (κ3) is 3.74. The third-order valence-electron chi connectivity index (χ3n) is 13.3. The molecule has 0 radical (unpaired) electrons. The van der Waals surface area contributed by atoms with Crippen molar-refractivity contribution in [2.75, 3.05) is 0 Å². The molecule has 4 heterocycles. The highest BCUT2D eigenvalue weighted by atomic mass is 16.5. The van der Waals surface area contributed by atoms with Crippen LogP contribution in [-0.2, 0) is 10.8 Å². The zero-order valence-electron chi connectivity index (χ0n) is 32.2. The maximum atomic E-state index is 6.83. The average molecular weight is 694 g/mol. The van der Waals surface area contributed by atoms with Crippen LogP contribution in [0.4, 0.5) is 0 Å². The second-order valence-electron chi connectivity index (χ2n) is 18.5. The van der Waals surface area contributed by atoms with Crippen molar-refractivity contribution >= 4 is 78.5 Å². The number of hydrogen-bond acceptors (Lipinski definition) is 2. The fourth-order valence-electron chi connectivity index (χ4n) is 10.6. The maximum Gasteiger partial charge on any atom is 0.252 e. The Balaban J connectivity index is 1.29. The Labute approximate surface area is 317 Å². The van der Waals surface area contributed by atoms with Gasteiger partial charge in [0.15, 0.2) is 0 Å². The largest absolute Gasteiger partial charge is 0.458 e. The number of para-hydroxylation sites is 2. The highest BCUT2D eigenvalue weighted by Crippen LogP contribution is 2.49. The lowest BCUT2D eigenvalue weighted by atomic mass is 9.31. The molecule has 0 aromatic heterocycles. The van der Waals surface area contributed by atoms with Crippen molar-refractivity contribution in [1.82, 2.24) is 0 Å². The third-order valence-corrected chi connectivity index (χ3v) is 13.3. The Kier molecular flexibility index (Phi) is 5.61. The van der Waals surface area contributed by atoms with Crippen LogP contribution in [0.25, 0.3) is 54.6 Å². The predicted octanol–water partition coefficient (Wildman–Crippen LogP) is 9.00. The molecule has 0 saturated carbocycles. The molecule has 258 valence electrons. The molecule has 54 heavy (non-hydrogen) atoms. The van der Waals surface area contributed by atoms with Gasteiger partial charge in [0.2, 0.25) is 0 Å². The SMILES string of the molecule is Cc1cc2c3c(cc4c(C)cc5c6c(cc1c3c46)B1c3ccccc3Oc3cc(C(C)(C)C)cc-5c31)B1c3ccccc3Oc3cc(C(C)(C)C)cc-2c31. The molecule has 12 rings (SSSR count). The van der Waals surface area contributed by atoms with E-state index in [0.717, 1.165) is 23.0 Å². The molecule has 0 fully saturated rings. The number of ether oxygens (including phenoxy) is 2. The van der Waals surface area contributed by atoms with Crippen molar-refractivity contribution in [1.29, 1.82) is 0 Å². The highest BCUT2D eigenvalue weighted by molar-refractivity contribution is 7.01. The Morgan fingerprint density at radius 2 is 0.815 bits per heavy atom. The molecule has 0 N–H and O–H groups in total. The number of fused-ring (bicyclic) bond motifs is 8. The summed E-state index contributed by atoms with van der Waals surface area (Å²) < 4.78 is 13.7. The van der Waals surface area contributed by atoms with Crippen molar-refractivity contribution in [2.45, 2.75) is 66.2 Å². The summed E-state index contributed by atoms with van der Waals surface area (Å²) in [5, 5.41) is 8.34. The zero-order valence-corrected chi connectivity index (χ0v) is 32.2. The van der Waals surface area contributed by atoms with Gasteiger partial charge in [-0.1, -0.05) is 125 Å². The van der Waals surface area contributed by atoms with Crippen molar-refractivity contribution in [3.8, 4) is 45.3 Å². The standard InChI is InChI=1S/C50H40B2O2/c1-25-17-31-33-19-27(49(3,4)5)21-41-47(33)52(36-14-10-12-16-40(36)53-41)38-24-30-26(2)18-32-34-20-28(50(6,7)8)22-42-48(34)51(35-13-9-11-15-39(35)54-42)37-23-29(25)45(43(31)38)46(30)44(32)37/h9-24H,1-8H3. The Bertz CT molecular complexity index is 2840. The molecule has 0 spiro atoms. The Morgan fingerprint density at radius 1 is 0.407 bits per heavy atom. The number of aryl methyl sites for hydroxylation is 2. The summed E-state index contributed by atoms with van der Waals surface area (Å²) >= 11 is 0. The van der Waals surface area contributed by atoms with Crippen molar-refractivity contribution in [2.24, 2.45) is 0 Å². The fourth-order valence-corrected chi connectivity index (χ4v) is 10.6. The molecule has 2 nitrogen and oxygen atoms in total. The lowest BCUT2D eigenvalue weighted by Gasteiger charge is -2.38. The smallest absolute Gasteiger partial charge is 0.252 e. The van der Waals surface area contributed by atoms with Gasteiger partial charge in [-0.25, -0.2) is 0 Å². The first-order valence-corrected chi connectivity index (χ1v) is 19.6. The number of rotatable bonds is 0. The van der Waals surface area contributed by atoms with Crippen LogP contribution in [0, 0.1) is 13.8 Å². The van der Waals surface area contributed by atoms with E-state index in [1.807, 2.05) is 0 Å². The topological polar surface area (TPSA) is 18.5 Å². The minimum atomic E-state index is -0.0312. The van der Waals surface area contributed by atoms with Gasteiger partial charge in [-0.05, 0) is 148 Å². The minimum absolute atomic E-state index is 0.0312. The second kappa shape index (κ2) is 9.79. The monoisotopic (exact) mass is 694 g/mol. The summed E-state index contributed by atoms with van der Waals surface area (Å²) in [5.74, 6) is 3.93. The number of hydrogen-bond donors (Lipinski definition) is 0. The second-order valence-corrected chi connectivity index (χ2v) is 18.5. The van der Waals surface area contributed by atoms with E-state index >= 15 is 0 Å². The van der Waals surface area contributed by atoms with Gasteiger partial charge in [-0.2, -0.15) is 0 Å². The lowest BCUT2D eigenvalue weighted by Crippen LogP contribution is -2.58. The van der Waals surface area contributed by atoms with E-state index in [4.69, 9.17) is 9.47 Å². The van der Waals surface area contributed by atoms with E-state index in [9.17, 15) is 0 Å². The molecule has 8 aromatic carbocycles. The van der Waals surface area contributed by atoms with Gasteiger partial charge in [0, 0.05) is 0 Å². The summed E-state index contributed by atoms with van der Waals surface area (Å²) in [6.07, 6.45) is 0. The molecule has 8 aromatic rings. The first-order valence-electron chi connectivity index (χ1n) is 19.6. The molecule has 0 bridgehead atoms. The lowest BCUT2D eigenvalue weighted by molar-refractivity contribution is 0.483. The van der Waals surface area contributed by atoms with Crippen molar-refractivity contribution in [3.05, 3.63) is 119 Å². The van der Waals surface area contributed by atoms with Crippen LogP contribution in [0.15, 0.2) is 97.1 Å². The van der Waals surface area contributed by atoms with Crippen LogP contribution < -0.4 is 42.3 Å². The molecule has 0 aliphatic carbocycles. The quantitative estimate of drug-likeness (QED) is 0.117. The molecule has 4 aliphatic heterocycles. The van der Waals surface area contributed by atoms with Crippen LogP contribution in [-0.4, -0.2) is 13.4 Å². The molecule has 0 saturated heterocycles. The summed E-state index contributed by atoms with van der Waals surface area (Å²) in [6.45, 7) is 18.7. The first kappa shape index (κ1) is 30.9. The Morgan fingerprint density at radius 3 is 1.22 bits per heavy atom. The van der Waals surface area contributed by atoms with Crippen LogP contribution in [0.5, 0.6) is 23.0 Å². The van der Waals surface area contributed by atoms with E-state index < -0.39 is 0 Å². The van der Waals surface area contributed by atoms with E-state index in [0.29, 0.717) is 0 Å². The van der Waals surface area contributed by atoms with Crippen LogP contribution in [0.1, 0.15) is 63.8 Å². The van der Waals surface area contributed by atoms with E-state index in [1.165, 1.54) is 110 Å². The van der Waals surface area contributed by atoms with Gasteiger partial charge in [0.1, 0.15) is 23.0 Å². The summed E-state index contributed by atoms with van der Waals surface area (Å²) in [4.78, 5) is 0. The van der Waals surface area contributed by atoms with Crippen LogP contribution >= 0.6 is 0 Å². The van der Waals surface area contributed by atoms with Gasteiger partial charge in [-0.15, -0.1) is 0 Å². The Hall–Kier alpha value is -5.47. The van der Waals surface area contributed by atoms with Gasteiger partial charge in [0.05, 0.1) is 0 Å². The molecular weight excluding hydrogens is 654 g/mol. The fraction of sp³-hybridized carbons (Fsp3) is 0.200. The minimum Gasteiger partial charge on any atom is -0.458 e. The maximum absolute atomic E-state index is 6.83. The van der Waals surface area contributed by atoms with Gasteiger partial charge in [0.25, 0.3) is 13.4 Å². The summed E-state index contributed by atoms with van der Waals surface area (Å²) in [5.41, 5.74) is 18.4. The normalized spacial score (nSPS) is 14.5. The van der Waals surface area contributed by atoms with Crippen LogP contribution in [0.2, 0.25) is 0 Å². The molecule has 0 atom stereocenters. The molecule has 4 heteroatoms.